The summed E-state index contributed by atoms with van der Waals surface area (Å²) in [5, 5.41) is 15.0. The summed E-state index contributed by atoms with van der Waals surface area (Å²) in [4.78, 5) is 4.12. The molecule has 2 aromatic carbocycles. The van der Waals surface area contributed by atoms with Crippen LogP contribution in [0.25, 0.3) is 6.08 Å². The standard InChI is InChI=1S/C25H27F2N3O5S2/c1-17(25(31,14-30-16-28-15-29-30)22-9-6-19(26)11-23(22)27)36-20-12-34-24(35-13-20)10-5-18-3-7-21(8-4-18)37(2,32)33/h3-11,15-17,20,24,31H,12-14H2,1-2H3/b10-5+/t17-,20-,24-,25-/m1/s1. The fraction of sp³-hybridized carbons (Fsp3) is 0.360. The van der Waals surface area contributed by atoms with Gasteiger partial charge in [-0.2, -0.15) is 5.10 Å². The highest BCUT2D eigenvalue weighted by Gasteiger charge is 2.41. The first-order valence-corrected chi connectivity index (χ1v) is 14.3. The summed E-state index contributed by atoms with van der Waals surface area (Å²) in [5.74, 6) is -1.58. The Balaban J connectivity index is 1.39. The lowest BCUT2D eigenvalue weighted by atomic mass is 9.90. The number of aliphatic hydroxyl groups is 1. The summed E-state index contributed by atoms with van der Waals surface area (Å²) in [6.45, 7) is 2.32. The van der Waals surface area contributed by atoms with E-state index in [2.05, 4.69) is 10.1 Å². The largest absolute Gasteiger partial charge is 0.382 e. The van der Waals surface area contributed by atoms with Gasteiger partial charge in [0.1, 0.15) is 29.9 Å². The maximum absolute atomic E-state index is 14.7. The zero-order chi connectivity index (χ0) is 26.6. The van der Waals surface area contributed by atoms with Crippen molar-refractivity contribution < 1.29 is 31.8 Å². The van der Waals surface area contributed by atoms with Crippen LogP contribution < -0.4 is 0 Å². The molecule has 0 radical (unpaired) electrons. The van der Waals surface area contributed by atoms with Crippen LogP contribution in [0.1, 0.15) is 18.1 Å². The molecule has 0 aliphatic carbocycles. The first-order chi connectivity index (χ1) is 17.5. The van der Waals surface area contributed by atoms with Gasteiger partial charge in [0.25, 0.3) is 0 Å². The van der Waals surface area contributed by atoms with Crippen LogP contribution in [0.3, 0.4) is 0 Å². The molecule has 0 amide bonds. The van der Waals surface area contributed by atoms with E-state index in [0.29, 0.717) is 13.2 Å². The third kappa shape index (κ3) is 6.82. The van der Waals surface area contributed by atoms with Gasteiger partial charge in [-0.1, -0.05) is 31.2 Å². The zero-order valence-corrected chi connectivity index (χ0v) is 21.8. The predicted octanol–water partition coefficient (Wildman–Crippen LogP) is 3.42. The molecule has 0 unspecified atom stereocenters. The third-order valence-electron chi connectivity index (χ3n) is 5.98. The highest BCUT2D eigenvalue weighted by molar-refractivity contribution is 8.00. The van der Waals surface area contributed by atoms with E-state index in [1.165, 1.54) is 47.3 Å². The number of hydrogen-bond donors (Lipinski definition) is 1. The topological polar surface area (TPSA) is 104 Å². The molecule has 12 heteroatoms. The van der Waals surface area contributed by atoms with Crippen LogP contribution in [0.15, 0.2) is 66.1 Å². The van der Waals surface area contributed by atoms with Crippen molar-refractivity contribution in [2.45, 2.75) is 40.8 Å². The van der Waals surface area contributed by atoms with Gasteiger partial charge in [-0.3, -0.25) is 0 Å². The quantitative estimate of drug-likeness (QED) is 0.432. The Hall–Kier alpha value is -2.64. The number of halogens is 2. The number of benzene rings is 2. The lowest BCUT2D eigenvalue weighted by Crippen LogP contribution is -2.43. The molecular weight excluding hydrogens is 524 g/mol. The second-order valence-corrected chi connectivity index (χ2v) is 12.4. The second-order valence-electron chi connectivity index (χ2n) is 8.78. The Labute approximate surface area is 218 Å². The number of hydrogen-bond acceptors (Lipinski definition) is 8. The van der Waals surface area contributed by atoms with Crippen molar-refractivity contribution in [3.8, 4) is 0 Å². The molecule has 1 aliphatic rings. The van der Waals surface area contributed by atoms with Crippen molar-refractivity contribution >= 4 is 27.7 Å². The number of sulfone groups is 1. The van der Waals surface area contributed by atoms with E-state index in [1.807, 2.05) is 0 Å². The van der Waals surface area contributed by atoms with E-state index in [9.17, 15) is 22.3 Å². The monoisotopic (exact) mass is 551 g/mol. The number of aromatic nitrogens is 3. The van der Waals surface area contributed by atoms with Crippen LogP contribution >= 0.6 is 11.8 Å². The van der Waals surface area contributed by atoms with Crippen LogP contribution in [-0.4, -0.2) is 64.5 Å². The summed E-state index contributed by atoms with van der Waals surface area (Å²) in [6.07, 6.45) is 6.81. The molecule has 0 bridgehead atoms. The normalized spacial score (nSPS) is 21.1. The average molecular weight is 552 g/mol. The number of rotatable bonds is 9. The van der Waals surface area contributed by atoms with E-state index < -0.39 is 38.6 Å². The molecule has 4 rings (SSSR count). The lowest BCUT2D eigenvalue weighted by molar-refractivity contribution is -0.146. The Morgan fingerprint density at radius 3 is 2.51 bits per heavy atom. The Morgan fingerprint density at radius 2 is 1.92 bits per heavy atom. The minimum atomic E-state index is -3.26. The maximum atomic E-state index is 14.7. The minimum Gasteiger partial charge on any atom is -0.382 e. The molecule has 1 saturated heterocycles. The van der Waals surface area contributed by atoms with Crippen molar-refractivity contribution in [2.24, 2.45) is 0 Å². The average Bonchev–Trinajstić information content (AvgIpc) is 3.36. The smallest absolute Gasteiger partial charge is 0.177 e. The Kier molecular flexibility index (Phi) is 8.44. The zero-order valence-electron chi connectivity index (χ0n) is 20.2. The Morgan fingerprint density at radius 1 is 1.22 bits per heavy atom. The molecule has 0 spiro atoms. The van der Waals surface area contributed by atoms with Gasteiger partial charge in [0.15, 0.2) is 16.1 Å². The first kappa shape index (κ1) is 27.4. The summed E-state index contributed by atoms with van der Waals surface area (Å²) >= 11 is 1.37. The molecule has 8 nitrogen and oxygen atoms in total. The highest BCUT2D eigenvalue weighted by atomic mass is 32.2. The molecule has 0 saturated carbocycles. The van der Waals surface area contributed by atoms with Crippen LogP contribution in [0, 0.1) is 11.6 Å². The molecule has 1 aromatic heterocycles. The van der Waals surface area contributed by atoms with Gasteiger partial charge in [0, 0.05) is 23.1 Å². The maximum Gasteiger partial charge on any atom is 0.177 e. The first-order valence-electron chi connectivity index (χ1n) is 11.4. The van der Waals surface area contributed by atoms with E-state index in [-0.39, 0.29) is 22.3 Å². The van der Waals surface area contributed by atoms with Gasteiger partial charge in [-0.15, -0.1) is 11.8 Å². The van der Waals surface area contributed by atoms with Crippen molar-refractivity contribution in [1.29, 1.82) is 0 Å². The number of nitrogens with zero attached hydrogens (tertiary/aromatic N) is 3. The molecule has 1 aliphatic heterocycles. The van der Waals surface area contributed by atoms with Gasteiger partial charge in [0.2, 0.25) is 0 Å². The van der Waals surface area contributed by atoms with E-state index >= 15 is 0 Å². The molecular formula is C25H27F2N3O5S2. The van der Waals surface area contributed by atoms with Crippen molar-refractivity contribution in [3.63, 3.8) is 0 Å². The predicted molar refractivity (Wildman–Crippen MR) is 135 cm³/mol. The molecule has 1 N–H and O–H groups in total. The SMILES string of the molecule is C[C@@H](S[C@H]1CO[C@H](/C=C/c2ccc(S(C)(=O)=O)cc2)OC1)[C@](O)(Cn1cncn1)c1ccc(F)cc1F. The van der Waals surface area contributed by atoms with Gasteiger partial charge in [0.05, 0.1) is 29.9 Å². The van der Waals surface area contributed by atoms with Gasteiger partial charge < -0.3 is 14.6 Å². The fourth-order valence-electron chi connectivity index (χ4n) is 3.94. The van der Waals surface area contributed by atoms with Crippen LogP contribution in [0.4, 0.5) is 8.78 Å². The Bertz CT molecular complexity index is 1330. The second kappa shape index (κ2) is 11.4. The van der Waals surface area contributed by atoms with Crippen molar-refractivity contribution in [2.75, 3.05) is 19.5 Å². The van der Waals surface area contributed by atoms with Gasteiger partial charge >= 0.3 is 0 Å². The van der Waals surface area contributed by atoms with Gasteiger partial charge in [-0.05, 0) is 29.8 Å². The van der Waals surface area contributed by atoms with Crippen LogP contribution in [0.2, 0.25) is 0 Å². The van der Waals surface area contributed by atoms with Crippen LogP contribution in [-0.2, 0) is 31.5 Å². The molecule has 3 aromatic rings. The molecule has 1 fully saturated rings. The molecule has 37 heavy (non-hydrogen) atoms. The molecule has 2 atom stereocenters. The number of thioether (sulfide) groups is 1. The van der Waals surface area contributed by atoms with Crippen molar-refractivity contribution in [3.05, 3.63) is 84.0 Å². The van der Waals surface area contributed by atoms with Gasteiger partial charge in [-0.25, -0.2) is 26.9 Å². The minimum absolute atomic E-state index is 0.0373. The summed E-state index contributed by atoms with van der Waals surface area (Å²) in [5.41, 5.74) is -0.959. The summed E-state index contributed by atoms with van der Waals surface area (Å²) in [6, 6.07) is 9.57. The highest BCUT2D eigenvalue weighted by Crippen LogP contribution is 2.38. The van der Waals surface area contributed by atoms with Crippen LogP contribution in [0.5, 0.6) is 0 Å². The lowest BCUT2D eigenvalue weighted by Gasteiger charge is -2.37. The molecule has 198 valence electrons. The van der Waals surface area contributed by atoms with Crippen molar-refractivity contribution in [1.82, 2.24) is 14.8 Å². The third-order valence-corrected chi connectivity index (χ3v) is 8.57. The summed E-state index contributed by atoms with van der Waals surface area (Å²) < 4.78 is 64.4. The summed E-state index contributed by atoms with van der Waals surface area (Å²) in [7, 11) is -3.26. The van der Waals surface area contributed by atoms with E-state index in [4.69, 9.17) is 9.47 Å². The van der Waals surface area contributed by atoms with E-state index in [0.717, 1.165) is 24.0 Å². The fourth-order valence-corrected chi connectivity index (χ4v) is 5.89. The molecule has 2 heterocycles. The van der Waals surface area contributed by atoms with E-state index in [1.54, 1.807) is 31.2 Å². The number of ether oxygens (including phenoxy) is 2.